The zero-order chi connectivity index (χ0) is 20.8. The standard InChI is InChI=1S/C20H16FN7O/c1-13(9-23)8-18(29)14-2-4-15(5-3-14)19-17(21)11-24-20(27-19)26-16-10-25-28(12-16)7-6-22/h2-5,10-13H,7-8H2,1H3,(H,24,26,27)/t13-/m1/s1. The number of ketones is 1. The van der Waals surface area contributed by atoms with E-state index in [0.717, 1.165) is 6.20 Å². The predicted molar refractivity (Wildman–Crippen MR) is 102 cm³/mol. The smallest absolute Gasteiger partial charge is 0.228 e. The van der Waals surface area contributed by atoms with Crippen molar-refractivity contribution in [2.45, 2.75) is 19.9 Å². The molecule has 0 bridgehead atoms. The van der Waals surface area contributed by atoms with Crippen molar-refractivity contribution in [3.63, 3.8) is 0 Å². The quantitative estimate of drug-likeness (QED) is 0.614. The number of Topliss-reactive ketones (excluding diaryl/α,β-unsaturated/α-hetero) is 1. The van der Waals surface area contributed by atoms with Crippen molar-refractivity contribution in [1.29, 1.82) is 10.5 Å². The molecule has 8 nitrogen and oxygen atoms in total. The lowest BCUT2D eigenvalue weighted by atomic mass is 9.99. The molecule has 3 rings (SSSR count). The monoisotopic (exact) mass is 389 g/mol. The van der Waals surface area contributed by atoms with E-state index in [1.807, 2.05) is 12.1 Å². The Morgan fingerprint density at radius 2 is 2.03 bits per heavy atom. The van der Waals surface area contributed by atoms with Gasteiger partial charge in [-0.15, -0.1) is 0 Å². The second kappa shape index (κ2) is 8.72. The van der Waals surface area contributed by atoms with Crippen molar-refractivity contribution < 1.29 is 9.18 Å². The van der Waals surface area contributed by atoms with E-state index in [9.17, 15) is 9.18 Å². The minimum atomic E-state index is -0.604. The molecule has 0 saturated carbocycles. The molecule has 0 saturated heterocycles. The maximum absolute atomic E-state index is 14.3. The van der Waals surface area contributed by atoms with Crippen LogP contribution in [-0.4, -0.2) is 25.5 Å². The van der Waals surface area contributed by atoms with E-state index >= 15 is 0 Å². The highest BCUT2D eigenvalue weighted by Gasteiger charge is 2.14. The first-order valence-electron chi connectivity index (χ1n) is 8.72. The first-order valence-corrected chi connectivity index (χ1v) is 8.72. The van der Waals surface area contributed by atoms with Crippen LogP contribution < -0.4 is 5.32 Å². The summed E-state index contributed by atoms with van der Waals surface area (Å²) < 4.78 is 15.7. The van der Waals surface area contributed by atoms with Crippen LogP contribution in [0.4, 0.5) is 16.0 Å². The Hall–Kier alpha value is -4.11. The second-order valence-electron chi connectivity index (χ2n) is 6.33. The normalized spacial score (nSPS) is 11.3. The Bertz CT molecular complexity index is 1110. The molecule has 2 heterocycles. The Kier molecular flexibility index (Phi) is 5.91. The fourth-order valence-corrected chi connectivity index (χ4v) is 2.60. The summed E-state index contributed by atoms with van der Waals surface area (Å²) in [6, 6.07) is 10.4. The van der Waals surface area contributed by atoms with Gasteiger partial charge in [0.15, 0.2) is 11.6 Å². The number of aromatic nitrogens is 4. The molecule has 0 radical (unpaired) electrons. The summed E-state index contributed by atoms with van der Waals surface area (Å²) in [4.78, 5) is 20.3. The number of benzene rings is 1. The Labute approximate surface area is 166 Å². The molecule has 9 heteroatoms. The zero-order valence-electron chi connectivity index (χ0n) is 15.5. The van der Waals surface area contributed by atoms with E-state index in [0.29, 0.717) is 16.8 Å². The van der Waals surface area contributed by atoms with Crippen molar-refractivity contribution in [2.24, 2.45) is 5.92 Å². The molecule has 144 valence electrons. The molecule has 0 unspecified atom stereocenters. The fraction of sp³-hybridized carbons (Fsp3) is 0.200. The summed E-state index contributed by atoms with van der Waals surface area (Å²) in [7, 11) is 0. The lowest BCUT2D eigenvalue weighted by molar-refractivity contribution is 0.0973. The van der Waals surface area contributed by atoms with E-state index in [4.69, 9.17) is 10.5 Å². The van der Waals surface area contributed by atoms with E-state index in [1.165, 1.54) is 10.9 Å². The number of rotatable bonds is 7. The van der Waals surface area contributed by atoms with Gasteiger partial charge in [0.05, 0.1) is 36.1 Å². The van der Waals surface area contributed by atoms with Crippen LogP contribution in [0.2, 0.25) is 0 Å². The largest absolute Gasteiger partial charge is 0.321 e. The SMILES string of the molecule is C[C@@H](C#N)CC(=O)c1ccc(-c2nc(Nc3cnn(CC#N)c3)ncc2F)cc1. The summed E-state index contributed by atoms with van der Waals surface area (Å²) in [5.41, 5.74) is 1.58. The second-order valence-corrected chi connectivity index (χ2v) is 6.33. The number of carbonyl (C=O) groups excluding carboxylic acids is 1. The molecule has 0 fully saturated rings. The van der Waals surface area contributed by atoms with Gasteiger partial charge in [-0.05, 0) is 6.92 Å². The summed E-state index contributed by atoms with van der Waals surface area (Å²) in [6.45, 7) is 1.79. The molecule has 0 aliphatic rings. The molecule has 0 aliphatic carbocycles. The number of nitriles is 2. The van der Waals surface area contributed by atoms with E-state index in [2.05, 4.69) is 20.4 Å². The third-order valence-corrected chi connectivity index (χ3v) is 4.06. The van der Waals surface area contributed by atoms with Gasteiger partial charge in [0.2, 0.25) is 5.95 Å². The van der Waals surface area contributed by atoms with Gasteiger partial charge in [0.1, 0.15) is 12.2 Å². The third kappa shape index (κ3) is 4.79. The number of halogens is 1. The average Bonchev–Trinajstić information content (AvgIpc) is 3.16. The van der Waals surface area contributed by atoms with Crippen LogP contribution in [0.1, 0.15) is 23.7 Å². The molecule has 1 atom stereocenters. The summed E-state index contributed by atoms with van der Waals surface area (Å²) in [5, 5.41) is 24.4. The Balaban J connectivity index is 1.79. The molecular formula is C20H16FN7O. The highest BCUT2D eigenvalue weighted by molar-refractivity contribution is 5.96. The van der Waals surface area contributed by atoms with Gasteiger partial charge in [-0.3, -0.25) is 9.48 Å². The minimum absolute atomic E-state index is 0.0799. The van der Waals surface area contributed by atoms with Crippen molar-refractivity contribution in [2.75, 3.05) is 5.32 Å². The predicted octanol–water partition coefficient (Wildman–Crippen LogP) is 3.48. The van der Waals surface area contributed by atoms with Gasteiger partial charge in [-0.25, -0.2) is 14.4 Å². The van der Waals surface area contributed by atoms with Gasteiger partial charge in [0, 0.05) is 23.7 Å². The molecule has 3 aromatic rings. The van der Waals surface area contributed by atoms with Crippen LogP contribution in [0.15, 0.2) is 42.9 Å². The fourth-order valence-electron chi connectivity index (χ4n) is 2.60. The Morgan fingerprint density at radius 1 is 1.28 bits per heavy atom. The van der Waals surface area contributed by atoms with Crippen LogP contribution >= 0.6 is 0 Å². The number of nitrogens with one attached hydrogen (secondary N) is 1. The molecule has 0 spiro atoms. The molecule has 1 N–H and O–H groups in total. The Morgan fingerprint density at radius 3 is 2.72 bits per heavy atom. The topological polar surface area (TPSA) is 120 Å². The van der Waals surface area contributed by atoms with Gasteiger partial charge in [-0.2, -0.15) is 15.6 Å². The average molecular weight is 389 g/mol. The van der Waals surface area contributed by atoms with E-state index < -0.39 is 5.82 Å². The van der Waals surface area contributed by atoms with Gasteiger partial charge < -0.3 is 5.32 Å². The van der Waals surface area contributed by atoms with E-state index in [1.54, 1.807) is 37.4 Å². The van der Waals surface area contributed by atoms with Crippen molar-refractivity contribution in [1.82, 2.24) is 19.7 Å². The summed E-state index contributed by atoms with van der Waals surface area (Å²) in [6.07, 6.45) is 4.30. The molecule has 1 aromatic carbocycles. The number of carbonyl (C=O) groups is 1. The zero-order valence-corrected chi connectivity index (χ0v) is 15.5. The number of anilines is 2. The number of hydrogen-bond donors (Lipinski definition) is 1. The highest BCUT2D eigenvalue weighted by Crippen LogP contribution is 2.23. The molecule has 0 amide bonds. The number of hydrogen-bond acceptors (Lipinski definition) is 7. The molecule has 2 aromatic heterocycles. The molecule has 0 aliphatic heterocycles. The molecular weight excluding hydrogens is 373 g/mol. The maximum Gasteiger partial charge on any atom is 0.228 e. The van der Waals surface area contributed by atoms with Crippen LogP contribution in [0.3, 0.4) is 0 Å². The lowest BCUT2D eigenvalue weighted by Crippen LogP contribution is -2.04. The van der Waals surface area contributed by atoms with Crippen LogP contribution in [0, 0.1) is 34.4 Å². The first kappa shape index (κ1) is 19.6. The third-order valence-electron chi connectivity index (χ3n) is 4.06. The number of nitrogens with zero attached hydrogens (tertiary/aromatic N) is 6. The van der Waals surface area contributed by atoms with Crippen molar-refractivity contribution in [3.8, 4) is 23.4 Å². The summed E-state index contributed by atoms with van der Waals surface area (Å²) >= 11 is 0. The van der Waals surface area contributed by atoms with Crippen LogP contribution in [0.25, 0.3) is 11.3 Å². The van der Waals surface area contributed by atoms with Crippen molar-refractivity contribution in [3.05, 3.63) is 54.2 Å². The lowest BCUT2D eigenvalue weighted by Gasteiger charge is -2.07. The molecule has 29 heavy (non-hydrogen) atoms. The maximum atomic E-state index is 14.3. The van der Waals surface area contributed by atoms with Gasteiger partial charge >= 0.3 is 0 Å². The first-order chi connectivity index (χ1) is 14.0. The van der Waals surface area contributed by atoms with E-state index in [-0.39, 0.29) is 36.3 Å². The van der Waals surface area contributed by atoms with Gasteiger partial charge in [-0.1, -0.05) is 24.3 Å². The van der Waals surface area contributed by atoms with Crippen LogP contribution in [-0.2, 0) is 6.54 Å². The highest BCUT2D eigenvalue weighted by atomic mass is 19.1. The van der Waals surface area contributed by atoms with Gasteiger partial charge in [0.25, 0.3) is 0 Å². The van der Waals surface area contributed by atoms with Crippen LogP contribution in [0.5, 0.6) is 0 Å². The minimum Gasteiger partial charge on any atom is -0.321 e. The summed E-state index contributed by atoms with van der Waals surface area (Å²) in [5.74, 6) is -0.952. The van der Waals surface area contributed by atoms with Crippen molar-refractivity contribution >= 4 is 17.4 Å².